The summed E-state index contributed by atoms with van der Waals surface area (Å²) in [6, 6.07) is 11.4. The van der Waals surface area contributed by atoms with Gasteiger partial charge in [0.25, 0.3) is 0 Å². The molecule has 0 aliphatic heterocycles. The van der Waals surface area contributed by atoms with Crippen molar-refractivity contribution in [3.05, 3.63) is 53.3 Å². The molecule has 0 aliphatic rings. The second kappa shape index (κ2) is 11.1. The molecule has 0 radical (unpaired) electrons. The predicted molar refractivity (Wildman–Crippen MR) is 130 cm³/mol. The molecule has 0 aliphatic carbocycles. The summed E-state index contributed by atoms with van der Waals surface area (Å²) >= 11 is 1.32. The standard InChI is InChI=1S/C24H30N4O4S/c1-7-28-23(17(4)32-19-11-15(2)10-16(3)12-19)26-27-24(28)33-14-22(29)25-20-13-18(30-5)8-9-21(20)31-6/h8-13,17H,7,14H2,1-6H3,(H,25,29). The summed E-state index contributed by atoms with van der Waals surface area (Å²) in [4.78, 5) is 12.6. The Kier molecular flexibility index (Phi) is 8.21. The Morgan fingerprint density at radius 1 is 1.06 bits per heavy atom. The van der Waals surface area contributed by atoms with Gasteiger partial charge in [-0.05, 0) is 63.1 Å². The molecule has 1 amide bonds. The molecule has 176 valence electrons. The van der Waals surface area contributed by atoms with E-state index in [0.29, 0.717) is 34.7 Å². The summed E-state index contributed by atoms with van der Waals surface area (Å²) < 4.78 is 18.7. The highest BCUT2D eigenvalue weighted by Crippen LogP contribution is 2.30. The molecule has 0 bridgehead atoms. The lowest BCUT2D eigenvalue weighted by Gasteiger charge is -2.16. The summed E-state index contributed by atoms with van der Waals surface area (Å²) in [5.74, 6) is 2.70. The van der Waals surface area contributed by atoms with E-state index in [1.807, 2.05) is 44.4 Å². The van der Waals surface area contributed by atoms with Gasteiger partial charge in [0.2, 0.25) is 5.91 Å². The van der Waals surface area contributed by atoms with Gasteiger partial charge in [0, 0.05) is 12.6 Å². The maximum atomic E-state index is 12.6. The van der Waals surface area contributed by atoms with Crippen molar-refractivity contribution in [2.75, 3.05) is 25.3 Å². The van der Waals surface area contributed by atoms with Crippen molar-refractivity contribution in [1.82, 2.24) is 14.8 Å². The lowest BCUT2D eigenvalue weighted by atomic mass is 10.1. The zero-order valence-corrected chi connectivity index (χ0v) is 20.7. The summed E-state index contributed by atoms with van der Waals surface area (Å²) in [7, 11) is 3.13. The third-order valence-corrected chi connectivity index (χ3v) is 5.91. The molecular formula is C24H30N4O4S. The normalized spacial score (nSPS) is 11.7. The minimum atomic E-state index is -0.289. The van der Waals surface area contributed by atoms with Gasteiger partial charge < -0.3 is 24.1 Å². The van der Waals surface area contributed by atoms with E-state index < -0.39 is 0 Å². The SMILES string of the molecule is CCn1c(SCC(=O)Nc2cc(OC)ccc2OC)nnc1C(C)Oc1cc(C)cc(C)c1. The van der Waals surface area contributed by atoms with Crippen LogP contribution in [0.4, 0.5) is 5.69 Å². The van der Waals surface area contributed by atoms with Crippen molar-refractivity contribution < 1.29 is 19.0 Å². The van der Waals surface area contributed by atoms with Crippen LogP contribution in [0.2, 0.25) is 0 Å². The number of anilines is 1. The highest BCUT2D eigenvalue weighted by atomic mass is 32.2. The molecule has 1 unspecified atom stereocenters. The average molecular weight is 471 g/mol. The molecule has 1 atom stereocenters. The molecule has 0 fully saturated rings. The van der Waals surface area contributed by atoms with Crippen LogP contribution in [-0.2, 0) is 11.3 Å². The number of amides is 1. The van der Waals surface area contributed by atoms with Crippen LogP contribution in [0, 0.1) is 13.8 Å². The van der Waals surface area contributed by atoms with Gasteiger partial charge in [-0.3, -0.25) is 4.79 Å². The highest BCUT2D eigenvalue weighted by molar-refractivity contribution is 7.99. The highest BCUT2D eigenvalue weighted by Gasteiger charge is 2.20. The number of hydrogen-bond donors (Lipinski definition) is 1. The summed E-state index contributed by atoms with van der Waals surface area (Å²) in [6.07, 6.45) is -0.289. The molecule has 1 aromatic heterocycles. The zero-order chi connectivity index (χ0) is 24.0. The number of nitrogens with one attached hydrogen (secondary N) is 1. The number of carbonyl (C=O) groups excluding carboxylic acids is 1. The fourth-order valence-corrected chi connectivity index (χ4v) is 4.30. The van der Waals surface area contributed by atoms with Crippen LogP contribution in [0.15, 0.2) is 41.6 Å². The number of carbonyl (C=O) groups is 1. The monoisotopic (exact) mass is 470 g/mol. The summed E-state index contributed by atoms with van der Waals surface area (Å²) in [5, 5.41) is 12.2. The lowest BCUT2D eigenvalue weighted by molar-refractivity contribution is -0.113. The number of ether oxygens (including phenoxy) is 3. The Morgan fingerprint density at radius 2 is 1.79 bits per heavy atom. The Bertz CT molecular complexity index is 1100. The molecule has 9 heteroatoms. The van der Waals surface area contributed by atoms with E-state index in [1.54, 1.807) is 32.4 Å². The van der Waals surface area contributed by atoms with Crippen LogP contribution in [0.5, 0.6) is 17.2 Å². The quantitative estimate of drug-likeness (QED) is 0.426. The molecule has 1 heterocycles. The van der Waals surface area contributed by atoms with Crippen molar-refractivity contribution in [3.8, 4) is 17.2 Å². The molecule has 0 saturated carbocycles. The molecule has 3 rings (SSSR count). The van der Waals surface area contributed by atoms with Gasteiger partial charge in [0.05, 0.1) is 25.7 Å². The Balaban J connectivity index is 1.67. The van der Waals surface area contributed by atoms with E-state index in [4.69, 9.17) is 14.2 Å². The fraction of sp³-hybridized carbons (Fsp3) is 0.375. The van der Waals surface area contributed by atoms with Crippen molar-refractivity contribution >= 4 is 23.4 Å². The fourth-order valence-electron chi connectivity index (χ4n) is 3.49. The first kappa shape index (κ1) is 24.4. The van der Waals surface area contributed by atoms with Gasteiger partial charge in [0.1, 0.15) is 17.2 Å². The zero-order valence-electron chi connectivity index (χ0n) is 19.8. The molecule has 33 heavy (non-hydrogen) atoms. The van der Waals surface area contributed by atoms with E-state index in [-0.39, 0.29) is 17.8 Å². The maximum Gasteiger partial charge on any atom is 0.234 e. The third-order valence-electron chi connectivity index (χ3n) is 4.95. The minimum absolute atomic E-state index is 0.171. The maximum absolute atomic E-state index is 12.6. The Morgan fingerprint density at radius 3 is 2.42 bits per heavy atom. The van der Waals surface area contributed by atoms with Gasteiger partial charge in [-0.25, -0.2) is 0 Å². The number of aryl methyl sites for hydroxylation is 2. The van der Waals surface area contributed by atoms with Crippen LogP contribution in [0.25, 0.3) is 0 Å². The van der Waals surface area contributed by atoms with Gasteiger partial charge >= 0.3 is 0 Å². The number of benzene rings is 2. The third kappa shape index (κ3) is 6.19. The molecule has 0 saturated heterocycles. The average Bonchev–Trinajstić information content (AvgIpc) is 3.20. The van der Waals surface area contributed by atoms with Crippen molar-refractivity contribution in [2.45, 2.75) is 45.5 Å². The lowest BCUT2D eigenvalue weighted by Crippen LogP contribution is -2.16. The van der Waals surface area contributed by atoms with Crippen LogP contribution < -0.4 is 19.5 Å². The van der Waals surface area contributed by atoms with Crippen LogP contribution in [-0.4, -0.2) is 40.6 Å². The van der Waals surface area contributed by atoms with Gasteiger partial charge in [-0.2, -0.15) is 0 Å². The molecule has 8 nitrogen and oxygen atoms in total. The number of nitrogens with zero attached hydrogens (tertiary/aromatic N) is 3. The summed E-state index contributed by atoms with van der Waals surface area (Å²) in [5.41, 5.74) is 2.84. The Hall–Kier alpha value is -3.20. The van der Waals surface area contributed by atoms with Gasteiger partial charge in [-0.1, -0.05) is 17.8 Å². The predicted octanol–water partition coefficient (Wildman–Crippen LogP) is 4.80. The first-order valence-electron chi connectivity index (χ1n) is 10.7. The van der Waals surface area contributed by atoms with Crippen molar-refractivity contribution in [3.63, 3.8) is 0 Å². The second-order valence-electron chi connectivity index (χ2n) is 7.57. The molecule has 1 N–H and O–H groups in total. The largest absolute Gasteiger partial charge is 0.497 e. The molecule has 2 aromatic carbocycles. The Labute approximate surface area is 198 Å². The van der Waals surface area contributed by atoms with Crippen LogP contribution in [0.1, 0.15) is 36.9 Å². The van der Waals surface area contributed by atoms with E-state index in [2.05, 4.69) is 21.6 Å². The number of methoxy groups -OCH3 is 2. The minimum Gasteiger partial charge on any atom is -0.497 e. The van der Waals surface area contributed by atoms with Crippen LogP contribution >= 0.6 is 11.8 Å². The van der Waals surface area contributed by atoms with E-state index >= 15 is 0 Å². The van der Waals surface area contributed by atoms with Crippen LogP contribution in [0.3, 0.4) is 0 Å². The first-order valence-corrected chi connectivity index (χ1v) is 11.7. The second-order valence-corrected chi connectivity index (χ2v) is 8.51. The van der Waals surface area contributed by atoms with Gasteiger partial charge in [-0.15, -0.1) is 10.2 Å². The molecule has 3 aromatic rings. The summed E-state index contributed by atoms with van der Waals surface area (Å²) in [6.45, 7) is 8.71. The number of rotatable bonds is 10. The molecular weight excluding hydrogens is 440 g/mol. The van der Waals surface area contributed by atoms with Crippen molar-refractivity contribution in [1.29, 1.82) is 0 Å². The smallest absolute Gasteiger partial charge is 0.234 e. The van der Waals surface area contributed by atoms with Gasteiger partial charge in [0.15, 0.2) is 17.1 Å². The number of hydrogen-bond acceptors (Lipinski definition) is 7. The van der Waals surface area contributed by atoms with Crippen molar-refractivity contribution in [2.24, 2.45) is 0 Å². The van der Waals surface area contributed by atoms with E-state index in [1.165, 1.54) is 11.8 Å². The molecule has 0 spiro atoms. The first-order chi connectivity index (χ1) is 15.8. The topological polar surface area (TPSA) is 87.5 Å². The van der Waals surface area contributed by atoms with E-state index in [0.717, 1.165) is 16.9 Å². The number of thioether (sulfide) groups is 1. The van der Waals surface area contributed by atoms with E-state index in [9.17, 15) is 4.79 Å². The number of aromatic nitrogens is 3.